The van der Waals surface area contributed by atoms with Gasteiger partial charge in [-0.25, -0.2) is 0 Å². The van der Waals surface area contributed by atoms with E-state index in [0.29, 0.717) is 4.90 Å². The van der Waals surface area contributed by atoms with E-state index in [4.69, 9.17) is 0 Å². The Labute approximate surface area is 110 Å². The summed E-state index contributed by atoms with van der Waals surface area (Å²) >= 11 is 0. The Morgan fingerprint density at radius 2 is 1.38 bits per heavy atom. The van der Waals surface area contributed by atoms with Crippen molar-refractivity contribution in [1.29, 1.82) is 0 Å². The fraction of sp³-hybridized carbons (Fsp3) is 0. The average Bonchev–Trinajstić information content (AvgIpc) is 3.14. The van der Waals surface area contributed by atoms with Gasteiger partial charge in [0.2, 0.25) is 5.21 Å². The highest BCUT2D eigenvalue weighted by Gasteiger charge is 2.34. The highest BCUT2D eigenvalue weighted by atomic mass is 16.7. The van der Waals surface area contributed by atoms with Gasteiger partial charge in [-0.2, -0.15) is 4.90 Å². The lowest BCUT2D eigenvalue weighted by molar-refractivity contribution is -0.551. The summed E-state index contributed by atoms with van der Waals surface area (Å²) in [5.41, 5.74) is 0. The minimum absolute atomic E-state index is 0.128. The van der Waals surface area contributed by atoms with Gasteiger partial charge in [-0.05, 0) is 30.5 Å². The molecule has 0 spiro atoms. The molecule has 18 heteroatoms. The molecule has 2 N–H and O–H groups in total. The van der Waals surface area contributed by atoms with Crippen molar-refractivity contribution >= 4 is 17.8 Å². The number of aromatic nitrogens is 12. The first-order valence-corrected chi connectivity index (χ1v) is 4.78. The maximum absolute atomic E-state index is 10.9. The zero-order chi connectivity index (χ0) is 15.0. The van der Waals surface area contributed by atoms with E-state index < -0.39 is 22.9 Å². The number of anilines is 3. The number of rotatable bonds is 4. The van der Waals surface area contributed by atoms with Crippen LogP contribution in [0.15, 0.2) is 0 Å². The van der Waals surface area contributed by atoms with Gasteiger partial charge >= 0.3 is 5.95 Å². The smallest absolute Gasteiger partial charge is 0.331 e. The molecule has 0 radical (unpaired) electrons. The fourth-order valence-electron chi connectivity index (χ4n) is 1.31. The predicted octanol–water partition coefficient (Wildman–Crippen LogP) is -3.37. The lowest BCUT2D eigenvalue weighted by Gasteiger charge is -2.13. The van der Waals surface area contributed by atoms with E-state index in [-0.39, 0.29) is 14.5 Å². The van der Waals surface area contributed by atoms with E-state index in [1.165, 1.54) is 0 Å². The van der Waals surface area contributed by atoms with Crippen molar-refractivity contribution < 1.29 is 15.4 Å². The number of tetrazole rings is 3. The molecule has 0 bridgehead atoms. The molecule has 0 aliphatic carbocycles. The number of hydrogen-bond acceptors (Lipinski definition) is 14. The molecule has 0 aromatic carbocycles. The monoisotopic (exact) mass is 298 g/mol. The molecule has 0 saturated heterocycles. The second kappa shape index (κ2) is 4.29. The number of nitrogens with zero attached hydrogens (tertiary/aromatic N) is 14. The molecule has 108 valence electrons. The molecule has 0 atom stereocenters. The standard InChI is InChI=1S/C3H2N14O4/c18-15-2(5-8-11-15)13(3-6-9-12-16(3)19)1-4-7-10-14(1)17(20)21/h18-19H. The van der Waals surface area contributed by atoms with Gasteiger partial charge in [0.1, 0.15) is 5.21 Å². The predicted molar refractivity (Wildman–Crippen MR) is 52.0 cm³/mol. The summed E-state index contributed by atoms with van der Waals surface area (Å²) in [6.45, 7) is 0. The lowest BCUT2D eigenvalue weighted by Crippen LogP contribution is -2.25. The minimum atomic E-state index is -0.973. The van der Waals surface area contributed by atoms with Gasteiger partial charge in [-0.15, -0.1) is 0 Å². The van der Waals surface area contributed by atoms with Crippen LogP contribution in [0.5, 0.6) is 0 Å². The zero-order valence-electron chi connectivity index (χ0n) is 9.47. The molecule has 0 aliphatic heterocycles. The Morgan fingerprint density at radius 1 is 0.905 bits per heavy atom. The Morgan fingerprint density at radius 3 is 1.81 bits per heavy atom. The van der Waals surface area contributed by atoms with E-state index in [9.17, 15) is 20.5 Å². The van der Waals surface area contributed by atoms with E-state index in [2.05, 4.69) is 46.6 Å². The summed E-state index contributed by atoms with van der Waals surface area (Å²) in [4.78, 5) is 11.9. The van der Waals surface area contributed by atoms with Crippen LogP contribution in [0.3, 0.4) is 0 Å². The van der Waals surface area contributed by atoms with Crippen LogP contribution in [0.2, 0.25) is 0 Å². The molecule has 3 heterocycles. The van der Waals surface area contributed by atoms with Crippen molar-refractivity contribution in [3.8, 4) is 0 Å². The van der Waals surface area contributed by atoms with Crippen molar-refractivity contribution in [3.63, 3.8) is 0 Å². The van der Waals surface area contributed by atoms with Crippen LogP contribution in [0.1, 0.15) is 0 Å². The molecule has 3 aromatic heterocycles. The van der Waals surface area contributed by atoms with Crippen LogP contribution >= 0.6 is 0 Å². The van der Waals surface area contributed by atoms with Gasteiger partial charge in [-0.3, -0.25) is 0 Å². The SMILES string of the molecule is O=[N+]([O-])n1nnnc1N(c1nnnn1O)c1nnnn1O. The molecule has 0 aliphatic rings. The van der Waals surface area contributed by atoms with Crippen LogP contribution < -0.4 is 4.90 Å². The van der Waals surface area contributed by atoms with Gasteiger partial charge in [-0.1, -0.05) is 15.3 Å². The molecule has 18 nitrogen and oxygen atoms in total. The molecule has 3 rings (SSSR count). The summed E-state index contributed by atoms with van der Waals surface area (Å²) in [6, 6.07) is 0. The summed E-state index contributed by atoms with van der Waals surface area (Å²) in [5.74, 6) is -1.63. The second-order valence-corrected chi connectivity index (χ2v) is 3.18. The summed E-state index contributed by atoms with van der Waals surface area (Å²) < 4.78 is 0. The third-order valence-corrected chi connectivity index (χ3v) is 2.07. The summed E-state index contributed by atoms with van der Waals surface area (Å²) in [6.07, 6.45) is 0. The van der Waals surface area contributed by atoms with Crippen molar-refractivity contribution in [2.75, 3.05) is 4.90 Å². The second-order valence-electron chi connectivity index (χ2n) is 3.18. The van der Waals surface area contributed by atoms with Gasteiger partial charge in [0.05, 0.1) is 9.82 Å². The van der Waals surface area contributed by atoms with Gasteiger partial charge in [0.25, 0.3) is 11.9 Å². The van der Waals surface area contributed by atoms with Crippen molar-refractivity contribution in [2.45, 2.75) is 0 Å². The Hall–Kier alpha value is -3.99. The molecule has 0 unspecified atom stereocenters. The highest BCUT2D eigenvalue weighted by molar-refractivity contribution is 5.60. The normalized spacial score (nSPS) is 10.7. The van der Waals surface area contributed by atoms with E-state index >= 15 is 0 Å². The van der Waals surface area contributed by atoms with Crippen LogP contribution in [-0.2, 0) is 0 Å². The van der Waals surface area contributed by atoms with E-state index in [1.54, 1.807) is 0 Å². The van der Waals surface area contributed by atoms with Gasteiger partial charge < -0.3 is 20.5 Å². The van der Waals surface area contributed by atoms with Crippen molar-refractivity contribution in [1.82, 2.24) is 61.1 Å². The molecule has 0 saturated carbocycles. The molecule has 21 heavy (non-hydrogen) atoms. The number of hydrogen-bond donors (Lipinski definition) is 2. The Balaban J connectivity index is 2.22. The molecule has 0 fully saturated rings. The highest BCUT2D eigenvalue weighted by Crippen LogP contribution is 2.26. The molecular formula is C3H2N14O4. The van der Waals surface area contributed by atoms with Crippen LogP contribution in [0.4, 0.5) is 17.8 Å². The maximum atomic E-state index is 10.9. The van der Waals surface area contributed by atoms with E-state index in [1.807, 2.05) is 0 Å². The van der Waals surface area contributed by atoms with E-state index in [0.717, 1.165) is 0 Å². The van der Waals surface area contributed by atoms with Crippen molar-refractivity contribution in [3.05, 3.63) is 10.1 Å². The zero-order valence-corrected chi connectivity index (χ0v) is 9.47. The topological polar surface area (TPSA) is 218 Å². The summed E-state index contributed by atoms with van der Waals surface area (Å²) in [5, 5.41) is 57.7. The molecule has 3 aromatic rings. The Bertz CT molecular complexity index is 743. The molecular weight excluding hydrogens is 296 g/mol. The first-order chi connectivity index (χ1) is 10.1. The first kappa shape index (κ1) is 12.1. The fourth-order valence-corrected chi connectivity index (χ4v) is 1.31. The largest absolute Gasteiger partial charge is 0.408 e. The van der Waals surface area contributed by atoms with Crippen LogP contribution in [0, 0.1) is 10.1 Å². The van der Waals surface area contributed by atoms with Gasteiger partial charge in [0.15, 0.2) is 0 Å². The molecule has 0 amide bonds. The lowest BCUT2D eigenvalue weighted by atomic mass is 10.7. The summed E-state index contributed by atoms with van der Waals surface area (Å²) in [7, 11) is 0. The average molecular weight is 298 g/mol. The quantitative estimate of drug-likeness (QED) is 0.273. The maximum Gasteiger partial charge on any atom is 0.331 e. The third kappa shape index (κ3) is 1.78. The first-order valence-electron chi connectivity index (χ1n) is 4.78. The third-order valence-electron chi connectivity index (χ3n) is 2.07. The Kier molecular flexibility index (Phi) is 2.46. The minimum Gasteiger partial charge on any atom is -0.408 e. The van der Waals surface area contributed by atoms with Crippen LogP contribution in [-0.4, -0.2) is 76.5 Å². The van der Waals surface area contributed by atoms with Gasteiger partial charge in [0, 0.05) is 0 Å². The van der Waals surface area contributed by atoms with Crippen molar-refractivity contribution in [2.24, 2.45) is 0 Å². The van der Waals surface area contributed by atoms with Crippen LogP contribution in [0.25, 0.3) is 0 Å². The number of nitro groups is 1.